The molecule has 0 saturated heterocycles. The van der Waals surface area contributed by atoms with E-state index in [1.165, 1.54) is 18.4 Å². The number of hydrogen-bond donors (Lipinski definition) is 2. The number of carbonyl (C=O) groups excluding carboxylic acids is 1. The molecule has 9 heteroatoms. The number of rotatable bonds is 7. The minimum Gasteiger partial charge on any atom is -0.455 e. The second-order valence-electron chi connectivity index (χ2n) is 6.85. The van der Waals surface area contributed by atoms with Gasteiger partial charge < -0.3 is 25.3 Å². The van der Waals surface area contributed by atoms with Crippen LogP contribution in [0.3, 0.4) is 0 Å². The van der Waals surface area contributed by atoms with Crippen molar-refractivity contribution in [3.05, 3.63) is 99.2 Å². The van der Waals surface area contributed by atoms with E-state index in [1.54, 1.807) is 6.07 Å². The predicted molar refractivity (Wildman–Crippen MR) is 122 cm³/mol. The lowest BCUT2D eigenvalue weighted by Gasteiger charge is -2.16. The smallest absolute Gasteiger partial charge is 0.324 e. The van der Waals surface area contributed by atoms with Gasteiger partial charge in [-0.25, -0.2) is 8.78 Å². The van der Waals surface area contributed by atoms with E-state index in [-0.39, 0.29) is 28.6 Å². The molecule has 4 rings (SSSR count). The van der Waals surface area contributed by atoms with Crippen LogP contribution >= 0.6 is 22.6 Å². The highest BCUT2D eigenvalue weighted by Gasteiger charge is 2.25. The highest BCUT2D eigenvalue weighted by molar-refractivity contribution is 14.1. The average molecular weight is 550 g/mol. The number of amides is 1. The first kappa shape index (κ1) is 21.9. The number of primary amides is 1. The third-order valence-corrected chi connectivity index (χ3v) is 5.20. The molecule has 3 aromatic carbocycles. The van der Waals surface area contributed by atoms with Gasteiger partial charge in [-0.15, -0.1) is 0 Å². The Morgan fingerprint density at radius 3 is 2.59 bits per heavy atom. The van der Waals surface area contributed by atoms with Crippen LogP contribution in [0, 0.1) is 15.2 Å². The zero-order valence-corrected chi connectivity index (χ0v) is 18.6. The molecular weight excluding hydrogens is 533 g/mol. The summed E-state index contributed by atoms with van der Waals surface area (Å²) in [4.78, 5) is 12.2. The van der Waals surface area contributed by atoms with Gasteiger partial charge >= 0.3 is 5.95 Å². The van der Waals surface area contributed by atoms with E-state index in [9.17, 15) is 13.6 Å². The lowest BCUT2D eigenvalue weighted by atomic mass is 10.1. The number of ether oxygens (including phenoxy) is 3. The summed E-state index contributed by atoms with van der Waals surface area (Å²) >= 11 is 1.96. The van der Waals surface area contributed by atoms with Crippen molar-refractivity contribution in [2.75, 3.05) is 5.32 Å². The Bertz CT molecular complexity index is 1190. The second kappa shape index (κ2) is 9.43. The summed E-state index contributed by atoms with van der Waals surface area (Å²) < 4.78 is 45.9. The summed E-state index contributed by atoms with van der Waals surface area (Å²) in [5, 5.41) is 2.71. The van der Waals surface area contributed by atoms with E-state index in [1.807, 2.05) is 52.9 Å². The molecule has 1 aliphatic rings. The molecule has 0 spiro atoms. The van der Waals surface area contributed by atoms with Crippen molar-refractivity contribution in [1.29, 1.82) is 0 Å². The molecule has 164 valence electrons. The molecule has 3 N–H and O–H groups in total. The molecule has 6 nitrogen and oxygen atoms in total. The van der Waals surface area contributed by atoms with Crippen LogP contribution in [0.25, 0.3) is 0 Å². The van der Waals surface area contributed by atoms with Crippen molar-refractivity contribution in [3.63, 3.8) is 0 Å². The molecule has 0 fully saturated rings. The molecule has 1 unspecified atom stereocenters. The summed E-state index contributed by atoms with van der Waals surface area (Å²) in [7, 11) is 0. The van der Waals surface area contributed by atoms with Crippen molar-refractivity contribution >= 4 is 39.9 Å². The first-order valence-electron chi connectivity index (χ1n) is 9.48. The normalized spacial score (nSPS) is 14.8. The van der Waals surface area contributed by atoms with Gasteiger partial charge in [0.25, 0.3) is 5.91 Å². The minimum absolute atomic E-state index is 0.0482. The topological polar surface area (TPSA) is 82.8 Å². The van der Waals surface area contributed by atoms with Gasteiger partial charge in [0.05, 0.1) is 11.4 Å². The largest absolute Gasteiger partial charge is 0.455 e. The third kappa shape index (κ3) is 5.10. The van der Waals surface area contributed by atoms with Crippen molar-refractivity contribution in [2.45, 2.75) is 12.7 Å². The number of benzene rings is 3. The Hall–Kier alpha value is -3.34. The van der Waals surface area contributed by atoms with Gasteiger partial charge in [0.15, 0.2) is 6.26 Å². The molecule has 0 aromatic heterocycles. The van der Waals surface area contributed by atoms with E-state index in [4.69, 9.17) is 19.9 Å². The Morgan fingerprint density at radius 2 is 1.88 bits per heavy atom. The molecule has 0 saturated carbocycles. The Labute approximate surface area is 196 Å². The van der Waals surface area contributed by atoms with Crippen LogP contribution in [0.1, 0.15) is 15.9 Å². The molecule has 0 radical (unpaired) electrons. The Balaban J connectivity index is 1.55. The third-order valence-electron chi connectivity index (χ3n) is 4.53. The number of anilines is 2. The fourth-order valence-corrected chi connectivity index (χ4v) is 3.57. The summed E-state index contributed by atoms with van der Waals surface area (Å²) in [6.07, 6.45) is 1.04. The van der Waals surface area contributed by atoms with Crippen molar-refractivity contribution in [3.8, 4) is 5.75 Å². The molecular formula is C23H17F2IN2O4. The first-order valence-corrected chi connectivity index (χ1v) is 10.6. The molecule has 1 heterocycles. The highest BCUT2D eigenvalue weighted by atomic mass is 127. The number of nitrogens with two attached hydrogens (primary N) is 1. The number of carbonyl (C=O) groups is 1. The van der Waals surface area contributed by atoms with Crippen LogP contribution in [0.15, 0.2) is 72.9 Å². The molecule has 0 bridgehead atoms. The van der Waals surface area contributed by atoms with Crippen LogP contribution in [0.2, 0.25) is 0 Å². The van der Waals surface area contributed by atoms with E-state index in [2.05, 4.69) is 5.32 Å². The van der Waals surface area contributed by atoms with Gasteiger partial charge in [-0.3, -0.25) is 4.79 Å². The first-order chi connectivity index (χ1) is 15.4. The van der Waals surface area contributed by atoms with Gasteiger partial charge in [0.1, 0.15) is 22.9 Å². The van der Waals surface area contributed by atoms with Crippen molar-refractivity contribution in [2.24, 2.45) is 5.73 Å². The maximum absolute atomic E-state index is 14.3. The van der Waals surface area contributed by atoms with Gasteiger partial charge in [-0.2, -0.15) is 0 Å². The van der Waals surface area contributed by atoms with E-state index in [0.29, 0.717) is 9.99 Å². The van der Waals surface area contributed by atoms with E-state index in [0.717, 1.165) is 17.7 Å². The van der Waals surface area contributed by atoms with E-state index >= 15 is 0 Å². The summed E-state index contributed by atoms with van der Waals surface area (Å²) in [5.74, 6) is -2.45. The molecule has 0 aliphatic carbocycles. The van der Waals surface area contributed by atoms with Crippen LogP contribution in [0.5, 0.6) is 5.75 Å². The summed E-state index contributed by atoms with van der Waals surface area (Å²) in [5.41, 5.74) is 6.34. The van der Waals surface area contributed by atoms with Crippen LogP contribution < -0.4 is 15.8 Å². The Morgan fingerprint density at radius 1 is 1.09 bits per heavy atom. The van der Waals surface area contributed by atoms with Crippen molar-refractivity contribution in [1.82, 2.24) is 0 Å². The van der Waals surface area contributed by atoms with Gasteiger partial charge in [0, 0.05) is 16.1 Å². The number of halogens is 3. The standard InChI is InChI=1S/C23H17F2IN2O4/c24-14-9-18(28-17-7-6-15(26)11-16(17)25)22(23(27)29)19(10-14)31-21-12-30-20(32-21)8-13-4-2-1-3-5-13/h1-7,9-12,20,28H,8H2,(H2,27,29). The SMILES string of the molecule is NC(=O)c1c(Nc2ccc(I)cc2F)cc(F)cc1OC1=COC(Cc2ccccc2)O1. The fraction of sp³-hybridized carbons (Fsp3) is 0.0870. The van der Waals surface area contributed by atoms with Crippen molar-refractivity contribution < 1.29 is 27.8 Å². The van der Waals surface area contributed by atoms with Gasteiger partial charge in [0.2, 0.25) is 6.29 Å². The molecule has 1 amide bonds. The monoisotopic (exact) mass is 550 g/mol. The minimum atomic E-state index is -0.895. The molecule has 3 aromatic rings. The molecule has 1 atom stereocenters. The predicted octanol–water partition coefficient (Wildman–Crippen LogP) is 5.21. The Kier molecular flexibility index (Phi) is 6.45. The van der Waals surface area contributed by atoms with Gasteiger partial charge in [-0.05, 0) is 52.4 Å². The quantitative estimate of drug-likeness (QED) is 0.395. The van der Waals surface area contributed by atoms with Crippen LogP contribution in [-0.4, -0.2) is 12.2 Å². The lowest BCUT2D eigenvalue weighted by molar-refractivity contribution is -0.0520. The number of hydrogen-bond acceptors (Lipinski definition) is 5. The molecule has 32 heavy (non-hydrogen) atoms. The van der Waals surface area contributed by atoms with Crippen LogP contribution in [-0.2, 0) is 15.9 Å². The zero-order chi connectivity index (χ0) is 22.7. The van der Waals surface area contributed by atoms with Gasteiger partial charge in [-0.1, -0.05) is 30.3 Å². The summed E-state index contributed by atoms with van der Waals surface area (Å²) in [6, 6.07) is 16.0. The van der Waals surface area contributed by atoms with E-state index < -0.39 is 23.8 Å². The summed E-state index contributed by atoms with van der Waals surface area (Å²) in [6.45, 7) is 0. The average Bonchev–Trinajstić information content (AvgIpc) is 3.17. The zero-order valence-electron chi connectivity index (χ0n) is 16.5. The second-order valence-corrected chi connectivity index (χ2v) is 8.10. The lowest BCUT2D eigenvalue weighted by Crippen LogP contribution is -2.17. The maximum Gasteiger partial charge on any atom is 0.324 e. The fourth-order valence-electron chi connectivity index (χ4n) is 3.12. The highest BCUT2D eigenvalue weighted by Crippen LogP contribution is 2.33. The van der Waals surface area contributed by atoms with Crippen LogP contribution in [0.4, 0.5) is 20.2 Å². The maximum atomic E-state index is 14.3. The molecule has 1 aliphatic heterocycles. The number of nitrogens with one attached hydrogen (secondary N) is 1.